The second kappa shape index (κ2) is 8.98. The molecule has 8 nitrogen and oxygen atoms in total. The van der Waals surface area contributed by atoms with Crippen LogP contribution in [-0.4, -0.2) is 48.4 Å². The Bertz CT molecular complexity index is 893. The Morgan fingerprint density at radius 3 is 2.69 bits per heavy atom. The molecule has 1 aliphatic heterocycles. The van der Waals surface area contributed by atoms with E-state index in [2.05, 4.69) is 10.4 Å². The molecule has 2 amide bonds. The Morgan fingerprint density at radius 2 is 2.00 bits per heavy atom. The van der Waals surface area contributed by atoms with Gasteiger partial charge in [-0.15, -0.1) is 0 Å². The Hall–Kier alpha value is -3.03. The summed E-state index contributed by atoms with van der Waals surface area (Å²) in [6.07, 6.45) is 1.52. The van der Waals surface area contributed by atoms with Gasteiger partial charge in [0.15, 0.2) is 11.5 Å². The maximum atomic E-state index is 12.9. The van der Waals surface area contributed by atoms with E-state index >= 15 is 0 Å². The molecule has 1 atom stereocenters. The standard InChI is InChI=1S/C21H28N4O4/c1-5-16(25-19-12-14(2)23-24(19)11-9-20(25)26)21(27)22-10-8-15-6-7-17(28-3)18(13-15)29-4/h6-7,12-13,16H,5,8-11H2,1-4H3,(H,22,27)/t16-/m1/s1. The SMILES string of the molecule is CC[C@H](C(=O)NCCc1ccc(OC)c(OC)c1)N1C(=O)CCn2nc(C)cc21. The summed E-state index contributed by atoms with van der Waals surface area (Å²) in [5.74, 6) is 1.82. The van der Waals surface area contributed by atoms with E-state index in [1.54, 1.807) is 23.8 Å². The minimum absolute atomic E-state index is 0.0423. The molecule has 8 heteroatoms. The third-order valence-corrected chi connectivity index (χ3v) is 5.10. The highest BCUT2D eigenvalue weighted by atomic mass is 16.5. The molecule has 0 spiro atoms. The van der Waals surface area contributed by atoms with Gasteiger partial charge in [-0.05, 0) is 37.5 Å². The Morgan fingerprint density at radius 1 is 1.24 bits per heavy atom. The Labute approximate surface area is 170 Å². The first kappa shape index (κ1) is 20.7. The molecule has 0 saturated heterocycles. The van der Waals surface area contributed by atoms with Crippen molar-refractivity contribution in [2.45, 2.75) is 45.7 Å². The van der Waals surface area contributed by atoms with Crippen LogP contribution in [0, 0.1) is 6.92 Å². The van der Waals surface area contributed by atoms with Crippen LogP contribution in [0.25, 0.3) is 0 Å². The summed E-state index contributed by atoms with van der Waals surface area (Å²) in [7, 11) is 3.19. The van der Waals surface area contributed by atoms with Gasteiger partial charge in [-0.1, -0.05) is 13.0 Å². The highest BCUT2D eigenvalue weighted by Gasteiger charge is 2.34. The van der Waals surface area contributed by atoms with Crippen molar-refractivity contribution in [2.24, 2.45) is 0 Å². The summed E-state index contributed by atoms with van der Waals surface area (Å²) < 4.78 is 12.4. The zero-order valence-electron chi connectivity index (χ0n) is 17.4. The van der Waals surface area contributed by atoms with Gasteiger partial charge in [0.2, 0.25) is 11.8 Å². The molecule has 1 aliphatic rings. The van der Waals surface area contributed by atoms with Crippen molar-refractivity contribution < 1.29 is 19.1 Å². The van der Waals surface area contributed by atoms with E-state index in [4.69, 9.17) is 9.47 Å². The van der Waals surface area contributed by atoms with Gasteiger partial charge in [0.25, 0.3) is 0 Å². The lowest BCUT2D eigenvalue weighted by Gasteiger charge is -2.33. The van der Waals surface area contributed by atoms with E-state index in [-0.39, 0.29) is 11.8 Å². The van der Waals surface area contributed by atoms with E-state index in [0.29, 0.717) is 49.7 Å². The summed E-state index contributed by atoms with van der Waals surface area (Å²) in [6.45, 7) is 4.81. The van der Waals surface area contributed by atoms with Crippen molar-refractivity contribution in [1.82, 2.24) is 15.1 Å². The van der Waals surface area contributed by atoms with Crippen LogP contribution in [0.5, 0.6) is 11.5 Å². The lowest BCUT2D eigenvalue weighted by Crippen LogP contribution is -2.52. The zero-order valence-corrected chi connectivity index (χ0v) is 17.4. The minimum Gasteiger partial charge on any atom is -0.493 e. The molecular formula is C21H28N4O4. The number of ether oxygens (including phenoxy) is 2. The number of nitrogens with zero attached hydrogens (tertiary/aromatic N) is 3. The quantitative estimate of drug-likeness (QED) is 0.733. The van der Waals surface area contributed by atoms with Crippen molar-refractivity contribution in [2.75, 3.05) is 25.7 Å². The Balaban J connectivity index is 1.66. The fraction of sp³-hybridized carbons (Fsp3) is 0.476. The first-order valence-electron chi connectivity index (χ1n) is 9.83. The molecule has 2 aromatic rings. The minimum atomic E-state index is -0.553. The summed E-state index contributed by atoms with van der Waals surface area (Å²) in [6, 6.07) is 7.00. The number of carbonyl (C=O) groups excluding carboxylic acids is 2. The van der Waals surface area contributed by atoms with Crippen LogP contribution >= 0.6 is 0 Å². The number of anilines is 1. The zero-order chi connectivity index (χ0) is 21.0. The van der Waals surface area contributed by atoms with Crippen LogP contribution in [0.15, 0.2) is 24.3 Å². The highest BCUT2D eigenvalue weighted by molar-refractivity contribution is 6.01. The van der Waals surface area contributed by atoms with E-state index in [0.717, 1.165) is 11.3 Å². The number of benzene rings is 1. The molecule has 29 heavy (non-hydrogen) atoms. The predicted octanol–water partition coefficient (Wildman–Crippen LogP) is 2.08. The Kier molecular flexibility index (Phi) is 6.41. The lowest BCUT2D eigenvalue weighted by molar-refractivity contribution is -0.127. The van der Waals surface area contributed by atoms with Crippen LogP contribution in [0.1, 0.15) is 31.0 Å². The first-order chi connectivity index (χ1) is 14.0. The van der Waals surface area contributed by atoms with Gasteiger partial charge in [-0.25, -0.2) is 4.68 Å². The molecule has 0 radical (unpaired) electrons. The summed E-state index contributed by atoms with van der Waals surface area (Å²) >= 11 is 0. The van der Waals surface area contributed by atoms with Crippen LogP contribution in [0.3, 0.4) is 0 Å². The first-order valence-corrected chi connectivity index (χ1v) is 9.83. The maximum absolute atomic E-state index is 12.9. The molecule has 0 bridgehead atoms. The van der Waals surface area contributed by atoms with E-state index in [1.165, 1.54) is 0 Å². The predicted molar refractivity (Wildman–Crippen MR) is 109 cm³/mol. The van der Waals surface area contributed by atoms with E-state index < -0.39 is 6.04 Å². The van der Waals surface area contributed by atoms with Crippen molar-refractivity contribution >= 4 is 17.6 Å². The molecule has 156 valence electrons. The molecular weight excluding hydrogens is 372 g/mol. The second-order valence-electron chi connectivity index (χ2n) is 7.04. The summed E-state index contributed by atoms with van der Waals surface area (Å²) in [4.78, 5) is 27.0. The molecule has 3 rings (SSSR count). The number of rotatable bonds is 8. The second-order valence-corrected chi connectivity index (χ2v) is 7.04. The van der Waals surface area contributed by atoms with E-state index in [9.17, 15) is 9.59 Å². The number of fused-ring (bicyclic) bond motifs is 1. The van der Waals surface area contributed by atoms with Crippen LogP contribution in [-0.2, 0) is 22.6 Å². The summed E-state index contributed by atoms with van der Waals surface area (Å²) in [5.41, 5.74) is 1.86. The van der Waals surface area contributed by atoms with Gasteiger partial charge in [0.05, 0.1) is 26.5 Å². The van der Waals surface area contributed by atoms with Crippen molar-refractivity contribution in [3.63, 3.8) is 0 Å². The molecule has 2 heterocycles. The van der Waals surface area contributed by atoms with Crippen molar-refractivity contribution in [1.29, 1.82) is 0 Å². The number of hydrogen-bond donors (Lipinski definition) is 1. The lowest BCUT2D eigenvalue weighted by atomic mass is 10.1. The number of aromatic nitrogens is 2. The van der Waals surface area contributed by atoms with Crippen molar-refractivity contribution in [3.05, 3.63) is 35.5 Å². The van der Waals surface area contributed by atoms with Gasteiger partial charge in [0.1, 0.15) is 11.9 Å². The molecule has 0 fully saturated rings. The maximum Gasteiger partial charge on any atom is 0.243 e. The average Bonchev–Trinajstić information content (AvgIpc) is 3.10. The fourth-order valence-corrected chi connectivity index (χ4v) is 3.64. The molecule has 1 aromatic carbocycles. The van der Waals surface area contributed by atoms with E-state index in [1.807, 2.05) is 38.1 Å². The van der Waals surface area contributed by atoms with Crippen LogP contribution in [0.4, 0.5) is 5.82 Å². The number of hydrogen-bond acceptors (Lipinski definition) is 5. The smallest absolute Gasteiger partial charge is 0.243 e. The third kappa shape index (κ3) is 4.36. The molecule has 0 saturated carbocycles. The number of aryl methyl sites for hydroxylation is 2. The molecule has 0 aliphatic carbocycles. The highest BCUT2D eigenvalue weighted by Crippen LogP contribution is 2.28. The molecule has 0 unspecified atom stereocenters. The van der Waals surface area contributed by atoms with Gasteiger partial charge in [-0.2, -0.15) is 5.10 Å². The van der Waals surface area contributed by atoms with Gasteiger partial charge >= 0.3 is 0 Å². The third-order valence-electron chi connectivity index (χ3n) is 5.10. The number of carbonyl (C=O) groups is 2. The average molecular weight is 400 g/mol. The number of nitrogens with one attached hydrogen (secondary N) is 1. The summed E-state index contributed by atoms with van der Waals surface area (Å²) in [5, 5.41) is 7.38. The largest absolute Gasteiger partial charge is 0.493 e. The molecule has 1 aromatic heterocycles. The van der Waals surface area contributed by atoms with Crippen LogP contribution in [0.2, 0.25) is 0 Å². The normalized spacial score (nSPS) is 14.3. The fourth-order valence-electron chi connectivity index (χ4n) is 3.64. The monoisotopic (exact) mass is 400 g/mol. The topological polar surface area (TPSA) is 85.7 Å². The molecule has 1 N–H and O–H groups in total. The van der Waals surface area contributed by atoms with Gasteiger partial charge in [-0.3, -0.25) is 14.5 Å². The number of methoxy groups -OCH3 is 2. The van der Waals surface area contributed by atoms with Gasteiger partial charge in [0, 0.05) is 19.0 Å². The van der Waals surface area contributed by atoms with Crippen LogP contribution < -0.4 is 19.7 Å². The number of amides is 2. The van der Waals surface area contributed by atoms with Gasteiger partial charge < -0.3 is 14.8 Å². The van der Waals surface area contributed by atoms with Crippen molar-refractivity contribution in [3.8, 4) is 11.5 Å².